The Morgan fingerprint density at radius 2 is 2.14 bits per heavy atom. The number of pyridine rings is 1. The van der Waals surface area contributed by atoms with Crippen LogP contribution in [0.1, 0.15) is 35.0 Å². The first kappa shape index (κ1) is 14.5. The molecule has 0 aliphatic carbocycles. The number of amides is 1. The van der Waals surface area contributed by atoms with E-state index in [1.54, 1.807) is 30.3 Å². The van der Waals surface area contributed by atoms with Gasteiger partial charge in [0.15, 0.2) is 0 Å². The van der Waals surface area contributed by atoms with E-state index in [4.69, 9.17) is 11.0 Å². The van der Waals surface area contributed by atoms with E-state index in [0.29, 0.717) is 22.6 Å². The summed E-state index contributed by atoms with van der Waals surface area (Å²) in [6, 6.07) is 12.2. The summed E-state index contributed by atoms with van der Waals surface area (Å²) in [7, 11) is 0. The lowest BCUT2D eigenvalue weighted by molar-refractivity contribution is 0.102. The van der Waals surface area contributed by atoms with Gasteiger partial charge in [-0.25, -0.2) is 4.98 Å². The number of rotatable bonds is 4. The summed E-state index contributed by atoms with van der Waals surface area (Å²) >= 11 is 0. The summed E-state index contributed by atoms with van der Waals surface area (Å²) in [6.07, 6.45) is 1.69. The van der Waals surface area contributed by atoms with Gasteiger partial charge in [0, 0.05) is 11.3 Å². The second-order valence-corrected chi connectivity index (χ2v) is 4.63. The molecule has 0 unspecified atom stereocenters. The monoisotopic (exact) mass is 280 g/mol. The highest BCUT2D eigenvalue weighted by atomic mass is 16.1. The molecule has 2 aromatic rings. The number of aromatic nitrogens is 1. The van der Waals surface area contributed by atoms with Gasteiger partial charge in [-0.15, -0.1) is 0 Å². The lowest BCUT2D eigenvalue weighted by atomic mass is 10.1. The van der Waals surface area contributed by atoms with Crippen molar-refractivity contribution in [1.82, 2.24) is 4.98 Å². The van der Waals surface area contributed by atoms with Gasteiger partial charge in [0.1, 0.15) is 11.9 Å². The van der Waals surface area contributed by atoms with Crippen LogP contribution in [0.25, 0.3) is 0 Å². The van der Waals surface area contributed by atoms with E-state index in [9.17, 15) is 4.79 Å². The first-order chi connectivity index (χ1) is 10.1. The number of aryl methyl sites for hydroxylation is 1. The van der Waals surface area contributed by atoms with Gasteiger partial charge < -0.3 is 11.1 Å². The summed E-state index contributed by atoms with van der Waals surface area (Å²) in [4.78, 5) is 16.5. The third kappa shape index (κ3) is 3.57. The van der Waals surface area contributed by atoms with Crippen molar-refractivity contribution in [2.45, 2.75) is 19.8 Å². The number of nitriles is 1. The summed E-state index contributed by atoms with van der Waals surface area (Å²) in [6.45, 7) is 2.04. The smallest absolute Gasteiger partial charge is 0.255 e. The molecule has 0 aliphatic heterocycles. The van der Waals surface area contributed by atoms with Crippen molar-refractivity contribution in [2.75, 3.05) is 11.1 Å². The van der Waals surface area contributed by atoms with Gasteiger partial charge in [-0.2, -0.15) is 5.26 Å². The summed E-state index contributed by atoms with van der Waals surface area (Å²) < 4.78 is 0. The molecule has 1 heterocycles. The maximum atomic E-state index is 12.3. The van der Waals surface area contributed by atoms with Crippen LogP contribution in [-0.4, -0.2) is 10.9 Å². The molecule has 3 N–H and O–H groups in total. The molecule has 1 aromatic heterocycles. The van der Waals surface area contributed by atoms with Crippen LogP contribution in [0.2, 0.25) is 0 Å². The Morgan fingerprint density at radius 3 is 2.86 bits per heavy atom. The molecular formula is C16H16N4O. The molecule has 5 nitrogen and oxygen atoms in total. The van der Waals surface area contributed by atoms with E-state index in [0.717, 1.165) is 18.5 Å². The van der Waals surface area contributed by atoms with Gasteiger partial charge in [-0.1, -0.05) is 25.5 Å². The minimum atomic E-state index is -0.302. The summed E-state index contributed by atoms with van der Waals surface area (Å²) in [5.41, 5.74) is 7.87. The molecule has 106 valence electrons. The maximum Gasteiger partial charge on any atom is 0.255 e. The highest BCUT2D eigenvalue weighted by Gasteiger charge is 2.11. The highest BCUT2D eigenvalue weighted by Crippen LogP contribution is 2.16. The van der Waals surface area contributed by atoms with Crippen LogP contribution in [0.15, 0.2) is 36.4 Å². The van der Waals surface area contributed by atoms with Crippen LogP contribution in [0.4, 0.5) is 11.5 Å². The standard InChI is InChI=1S/C16H16N4O/c1-2-5-13-8-12(9-15(18)19-13)16(21)20-14-7-4-3-6-11(14)10-17/h3-4,6-9H,2,5H2,1H3,(H2,18,19)(H,20,21). The summed E-state index contributed by atoms with van der Waals surface area (Å²) in [5, 5.41) is 11.8. The van der Waals surface area contributed by atoms with E-state index in [1.165, 1.54) is 6.07 Å². The van der Waals surface area contributed by atoms with Gasteiger partial charge in [0.2, 0.25) is 0 Å². The Balaban J connectivity index is 2.26. The number of carbonyl (C=O) groups excluding carboxylic acids is 1. The van der Waals surface area contributed by atoms with Crippen LogP contribution in [-0.2, 0) is 6.42 Å². The number of hydrogen-bond donors (Lipinski definition) is 2. The van der Waals surface area contributed by atoms with E-state index in [2.05, 4.69) is 10.3 Å². The van der Waals surface area contributed by atoms with Gasteiger partial charge in [-0.3, -0.25) is 4.79 Å². The number of carbonyl (C=O) groups is 1. The van der Waals surface area contributed by atoms with Gasteiger partial charge in [-0.05, 0) is 30.7 Å². The molecule has 0 radical (unpaired) electrons. The molecule has 0 saturated carbocycles. The van der Waals surface area contributed by atoms with E-state index >= 15 is 0 Å². The zero-order valence-electron chi connectivity index (χ0n) is 11.8. The molecular weight excluding hydrogens is 264 g/mol. The van der Waals surface area contributed by atoms with Crippen molar-refractivity contribution >= 4 is 17.4 Å². The Morgan fingerprint density at radius 1 is 1.38 bits per heavy atom. The SMILES string of the molecule is CCCc1cc(C(=O)Nc2ccccc2C#N)cc(N)n1. The predicted molar refractivity (Wildman–Crippen MR) is 81.8 cm³/mol. The fraction of sp³-hybridized carbons (Fsp3) is 0.188. The normalized spacial score (nSPS) is 9.90. The number of nitrogens with zero attached hydrogens (tertiary/aromatic N) is 2. The van der Waals surface area contributed by atoms with Gasteiger partial charge in [0.05, 0.1) is 11.3 Å². The molecule has 0 fully saturated rings. The fourth-order valence-corrected chi connectivity index (χ4v) is 2.01. The van der Waals surface area contributed by atoms with Crippen molar-refractivity contribution in [1.29, 1.82) is 5.26 Å². The Bertz CT molecular complexity index is 704. The molecule has 5 heteroatoms. The van der Waals surface area contributed by atoms with Crippen molar-refractivity contribution in [3.8, 4) is 6.07 Å². The first-order valence-corrected chi connectivity index (χ1v) is 6.71. The van der Waals surface area contributed by atoms with Crippen molar-refractivity contribution in [3.63, 3.8) is 0 Å². The number of nitrogens with one attached hydrogen (secondary N) is 1. The quantitative estimate of drug-likeness (QED) is 0.900. The number of nitrogens with two attached hydrogens (primary N) is 1. The van der Waals surface area contributed by atoms with Crippen LogP contribution in [0, 0.1) is 11.3 Å². The average molecular weight is 280 g/mol. The zero-order valence-corrected chi connectivity index (χ0v) is 11.8. The Hall–Kier alpha value is -2.87. The van der Waals surface area contributed by atoms with Crippen LogP contribution in [0.3, 0.4) is 0 Å². The molecule has 1 aromatic carbocycles. The summed E-state index contributed by atoms with van der Waals surface area (Å²) in [5.74, 6) is 0.0174. The Kier molecular flexibility index (Phi) is 4.52. The van der Waals surface area contributed by atoms with Gasteiger partial charge in [0.25, 0.3) is 5.91 Å². The molecule has 0 aliphatic rings. The number of para-hydroxylation sites is 1. The molecule has 1 amide bonds. The highest BCUT2D eigenvalue weighted by molar-refractivity contribution is 6.05. The third-order valence-corrected chi connectivity index (χ3v) is 2.96. The number of benzene rings is 1. The maximum absolute atomic E-state index is 12.3. The second-order valence-electron chi connectivity index (χ2n) is 4.63. The van der Waals surface area contributed by atoms with Crippen LogP contribution in [0.5, 0.6) is 0 Å². The molecule has 0 spiro atoms. The molecule has 0 atom stereocenters. The first-order valence-electron chi connectivity index (χ1n) is 6.71. The van der Waals surface area contributed by atoms with Crippen LogP contribution < -0.4 is 11.1 Å². The van der Waals surface area contributed by atoms with E-state index in [-0.39, 0.29) is 5.91 Å². The molecule has 0 saturated heterocycles. The van der Waals surface area contributed by atoms with Crippen molar-refractivity contribution < 1.29 is 4.79 Å². The third-order valence-electron chi connectivity index (χ3n) is 2.96. The average Bonchev–Trinajstić information content (AvgIpc) is 2.47. The minimum Gasteiger partial charge on any atom is -0.384 e. The molecule has 21 heavy (non-hydrogen) atoms. The zero-order chi connectivity index (χ0) is 15.2. The van der Waals surface area contributed by atoms with Crippen LogP contribution >= 0.6 is 0 Å². The lowest BCUT2D eigenvalue weighted by Gasteiger charge is -2.08. The van der Waals surface area contributed by atoms with Crippen molar-refractivity contribution in [3.05, 3.63) is 53.2 Å². The van der Waals surface area contributed by atoms with Crippen molar-refractivity contribution in [2.24, 2.45) is 0 Å². The number of hydrogen-bond acceptors (Lipinski definition) is 4. The predicted octanol–water partition coefficient (Wildman–Crippen LogP) is 2.74. The number of nitrogen functional groups attached to an aromatic ring is 1. The molecule has 0 bridgehead atoms. The topological polar surface area (TPSA) is 91.8 Å². The second kappa shape index (κ2) is 6.53. The molecule has 2 rings (SSSR count). The van der Waals surface area contributed by atoms with E-state index in [1.807, 2.05) is 13.0 Å². The van der Waals surface area contributed by atoms with Gasteiger partial charge >= 0.3 is 0 Å². The minimum absolute atomic E-state index is 0.302. The fourth-order valence-electron chi connectivity index (χ4n) is 2.01. The Labute approximate surface area is 123 Å². The lowest BCUT2D eigenvalue weighted by Crippen LogP contribution is -2.14. The van der Waals surface area contributed by atoms with E-state index < -0.39 is 0 Å². The largest absolute Gasteiger partial charge is 0.384 e. The number of anilines is 2.